The van der Waals surface area contributed by atoms with E-state index in [0.29, 0.717) is 12.3 Å². The molecule has 3 N–H and O–H groups in total. The predicted molar refractivity (Wildman–Crippen MR) is 78.4 cm³/mol. The van der Waals surface area contributed by atoms with Gasteiger partial charge in [0.15, 0.2) is 0 Å². The Balaban J connectivity index is 3.63. The van der Waals surface area contributed by atoms with Crippen LogP contribution in [-0.2, 0) is 4.79 Å². The van der Waals surface area contributed by atoms with Gasteiger partial charge in [-0.05, 0) is 37.1 Å². The van der Waals surface area contributed by atoms with Crippen molar-refractivity contribution in [3.8, 4) is 0 Å². The normalized spacial score (nSPS) is 11.9. The number of amides is 1. The zero-order valence-electron chi connectivity index (χ0n) is 12.7. The van der Waals surface area contributed by atoms with Crippen molar-refractivity contribution in [1.29, 1.82) is 0 Å². The van der Waals surface area contributed by atoms with Gasteiger partial charge in [0, 0.05) is 13.0 Å². The van der Waals surface area contributed by atoms with Crippen molar-refractivity contribution in [2.75, 3.05) is 13.1 Å². The second-order valence-corrected chi connectivity index (χ2v) is 6.49. The van der Waals surface area contributed by atoms with E-state index in [1.54, 1.807) is 0 Å². The summed E-state index contributed by atoms with van der Waals surface area (Å²) in [4.78, 5) is 11.7. The fraction of sp³-hybridized carbons (Fsp3) is 0.933. The lowest BCUT2D eigenvalue weighted by Gasteiger charge is -2.27. The lowest BCUT2D eigenvalue weighted by Crippen LogP contribution is -2.34. The van der Waals surface area contributed by atoms with Crippen molar-refractivity contribution in [3.63, 3.8) is 0 Å². The number of hydrogen-bond donors (Lipinski definition) is 2. The molecule has 0 unspecified atom stereocenters. The largest absolute Gasteiger partial charge is 0.356 e. The fourth-order valence-electron chi connectivity index (χ4n) is 2.39. The van der Waals surface area contributed by atoms with Crippen LogP contribution in [0.1, 0.15) is 66.2 Å². The maximum Gasteiger partial charge on any atom is 0.220 e. The van der Waals surface area contributed by atoms with Crippen molar-refractivity contribution >= 4 is 5.91 Å². The van der Waals surface area contributed by atoms with Crippen LogP contribution in [-0.4, -0.2) is 19.0 Å². The lowest BCUT2D eigenvalue weighted by molar-refractivity contribution is -0.121. The molecule has 0 aliphatic heterocycles. The van der Waals surface area contributed by atoms with Crippen molar-refractivity contribution < 1.29 is 4.79 Å². The molecular formula is C15H32N2O. The average Bonchev–Trinajstić information content (AvgIpc) is 2.24. The number of nitrogens with one attached hydrogen (secondary N) is 1. The summed E-state index contributed by atoms with van der Waals surface area (Å²) in [7, 11) is 0. The molecular weight excluding hydrogens is 224 g/mol. The molecule has 3 heteroatoms. The standard InChI is InChI=1S/C15H32N2O/c1-13(2)11-15(3,4)12-17-14(18)9-7-5-6-8-10-16/h13H,5-12,16H2,1-4H3,(H,17,18). The molecule has 0 heterocycles. The number of carbonyl (C=O) groups is 1. The highest BCUT2D eigenvalue weighted by molar-refractivity contribution is 5.75. The minimum absolute atomic E-state index is 0.194. The van der Waals surface area contributed by atoms with E-state index in [9.17, 15) is 4.79 Å². The monoisotopic (exact) mass is 256 g/mol. The number of carbonyl (C=O) groups excluding carboxylic acids is 1. The number of unbranched alkanes of at least 4 members (excludes halogenated alkanes) is 3. The Kier molecular flexibility index (Phi) is 9.08. The second kappa shape index (κ2) is 9.37. The molecule has 0 aromatic rings. The molecule has 3 nitrogen and oxygen atoms in total. The SMILES string of the molecule is CC(C)CC(C)(C)CNC(=O)CCCCCCN. The van der Waals surface area contributed by atoms with Gasteiger partial charge in [0.25, 0.3) is 0 Å². The predicted octanol–water partition coefficient (Wildman–Crippen LogP) is 3.08. The van der Waals surface area contributed by atoms with E-state index in [2.05, 4.69) is 33.0 Å². The fourth-order valence-corrected chi connectivity index (χ4v) is 2.39. The number of hydrogen-bond acceptors (Lipinski definition) is 2. The molecule has 0 spiro atoms. The minimum atomic E-state index is 0.194. The van der Waals surface area contributed by atoms with Crippen molar-refractivity contribution in [1.82, 2.24) is 5.32 Å². The summed E-state index contributed by atoms with van der Waals surface area (Å²) < 4.78 is 0. The molecule has 0 aromatic heterocycles. The van der Waals surface area contributed by atoms with Crippen molar-refractivity contribution in [2.45, 2.75) is 66.2 Å². The van der Waals surface area contributed by atoms with Crippen LogP contribution in [0.5, 0.6) is 0 Å². The van der Waals surface area contributed by atoms with Gasteiger partial charge in [-0.1, -0.05) is 40.5 Å². The van der Waals surface area contributed by atoms with Gasteiger partial charge in [-0.3, -0.25) is 4.79 Å². The van der Waals surface area contributed by atoms with Crippen LogP contribution in [0.25, 0.3) is 0 Å². The molecule has 0 atom stereocenters. The Morgan fingerprint density at radius 1 is 1.17 bits per heavy atom. The number of rotatable bonds is 10. The minimum Gasteiger partial charge on any atom is -0.356 e. The maximum atomic E-state index is 11.7. The van der Waals surface area contributed by atoms with Gasteiger partial charge in [0.2, 0.25) is 5.91 Å². The van der Waals surface area contributed by atoms with Gasteiger partial charge >= 0.3 is 0 Å². The summed E-state index contributed by atoms with van der Waals surface area (Å²) in [5, 5.41) is 3.06. The van der Waals surface area contributed by atoms with E-state index < -0.39 is 0 Å². The Bertz CT molecular complexity index is 225. The van der Waals surface area contributed by atoms with Crippen LogP contribution in [0.2, 0.25) is 0 Å². The van der Waals surface area contributed by atoms with E-state index in [1.165, 1.54) is 0 Å². The first-order valence-electron chi connectivity index (χ1n) is 7.34. The molecule has 108 valence electrons. The summed E-state index contributed by atoms with van der Waals surface area (Å²) in [6.07, 6.45) is 6.11. The summed E-state index contributed by atoms with van der Waals surface area (Å²) in [6.45, 7) is 10.4. The van der Waals surface area contributed by atoms with E-state index >= 15 is 0 Å². The number of nitrogens with two attached hydrogens (primary N) is 1. The zero-order chi connectivity index (χ0) is 14.0. The van der Waals surface area contributed by atoms with E-state index in [-0.39, 0.29) is 11.3 Å². The van der Waals surface area contributed by atoms with Gasteiger partial charge in [-0.15, -0.1) is 0 Å². The Morgan fingerprint density at radius 2 is 1.78 bits per heavy atom. The first-order chi connectivity index (χ1) is 8.37. The molecule has 0 bridgehead atoms. The van der Waals surface area contributed by atoms with Crippen LogP contribution < -0.4 is 11.1 Å². The topological polar surface area (TPSA) is 55.1 Å². The maximum absolute atomic E-state index is 11.7. The highest BCUT2D eigenvalue weighted by Crippen LogP contribution is 2.24. The molecule has 0 saturated carbocycles. The third-order valence-electron chi connectivity index (χ3n) is 3.08. The molecule has 0 fully saturated rings. The van der Waals surface area contributed by atoms with Gasteiger partial charge in [-0.25, -0.2) is 0 Å². The second-order valence-electron chi connectivity index (χ2n) is 6.49. The average molecular weight is 256 g/mol. The highest BCUT2D eigenvalue weighted by Gasteiger charge is 2.19. The third kappa shape index (κ3) is 10.6. The van der Waals surface area contributed by atoms with E-state index in [0.717, 1.165) is 45.2 Å². The first-order valence-corrected chi connectivity index (χ1v) is 7.34. The van der Waals surface area contributed by atoms with Gasteiger partial charge in [-0.2, -0.15) is 0 Å². The quantitative estimate of drug-likeness (QED) is 0.590. The lowest BCUT2D eigenvalue weighted by atomic mass is 9.84. The smallest absolute Gasteiger partial charge is 0.220 e. The van der Waals surface area contributed by atoms with E-state index in [4.69, 9.17) is 5.73 Å². The summed E-state index contributed by atoms with van der Waals surface area (Å²) in [6, 6.07) is 0. The molecule has 0 aliphatic carbocycles. The summed E-state index contributed by atoms with van der Waals surface area (Å²) in [5.41, 5.74) is 5.62. The zero-order valence-corrected chi connectivity index (χ0v) is 12.7. The van der Waals surface area contributed by atoms with E-state index in [1.807, 2.05) is 0 Å². The molecule has 0 aromatic carbocycles. The Morgan fingerprint density at radius 3 is 2.33 bits per heavy atom. The van der Waals surface area contributed by atoms with Crippen LogP contribution in [0.15, 0.2) is 0 Å². The Labute approximate surface area is 113 Å². The molecule has 1 amide bonds. The van der Waals surface area contributed by atoms with Crippen LogP contribution in [0.3, 0.4) is 0 Å². The van der Waals surface area contributed by atoms with Crippen molar-refractivity contribution in [3.05, 3.63) is 0 Å². The van der Waals surface area contributed by atoms with Gasteiger partial charge in [0.05, 0.1) is 0 Å². The molecule has 18 heavy (non-hydrogen) atoms. The molecule has 0 radical (unpaired) electrons. The molecule has 0 rings (SSSR count). The van der Waals surface area contributed by atoms with Gasteiger partial charge in [0.1, 0.15) is 0 Å². The third-order valence-corrected chi connectivity index (χ3v) is 3.08. The summed E-state index contributed by atoms with van der Waals surface area (Å²) in [5.74, 6) is 0.868. The molecule has 0 saturated heterocycles. The summed E-state index contributed by atoms with van der Waals surface area (Å²) >= 11 is 0. The highest BCUT2D eigenvalue weighted by atomic mass is 16.1. The van der Waals surface area contributed by atoms with Crippen LogP contribution in [0, 0.1) is 11.3 Å². The molecule has 0 aliphatic rings. The Hall–Kier alpha value is -0.570. The van der Waals surface area contributed by atoms with Crippen LogP contribution in [0.4, 0.5) is 0 Å². The van der Waals surface area contributed by atoms with Gasteiger partial charge < -0.3 is 11.1 Å². The van der Waals surface area contributed by atoms with Crippen LogP contribution >= 0.6 is 0 Å². The van der Waals surface area contributed by atoms with Crippen molar-refractivity contribution in [2.24, 2.45) is 17.1 Å². The first kappa shape index (κ1) is 17.4.